The second-order valence-corrected chi connectivity index (χ2v) is 13.7. The first-order valence-corrected chi connectivity index (χ1v) is 18.4. The third kappa shape index (κ3) is 9.77. The third-order valence-electron chi connectivity index (χ3n) is 8.90. The van der Waals surface area contributed by atoms with Gasteiger partial charge in [0.25, 0.3) is 11.8 Å². The Morgan fingerprint density at radius 2 is 1.27 bits per heavy atom. The molecule has 0 saturated carbocycles. The number of carboxylic acid groups (broad SMARTS) is 1. The molecular weight excluding hydrogens is 833 g/mol. The Balaban J connectivity index is 0.000000235. The average molecular weight is 882 g/mol. The number of Topliss-reactive ketones (excluding diaryl/α,β-unsaturated/α-hetero) is 1. The number of anilines is 2. The molecule has 296 valence electrons. The molecule has 5 aromatic rings. The fourth-order valence-electron chi connectivity index (χ4n) is 6.24. The molecule has 0 atom stereocenters. The highest BCUT2D eigenvalue weighted by atomic mass is 127. The van der Waals surface area contributed by atoms with Crippen molar-refractivity contribution < 1.29 is 34.4 Å². The molecule has 0 aliphatic carbocycles. The van der Waals surface area contributed by atoms with Gasteiger partial charge in [-0.1, -0.05) is 30.0 Å². The lowest BCUT2D eigenvalue weighted by atomic mass is 10.0. The maximum Gasteiger partial charge on any atom is 0.337 e. The van der Waals surface area contributed by atoms with Gasteiger partial charge in [-0.25, -0.2) is 18.6 Å². The number of aromatic nitrogens is 4. The van der Waals surface area contributed by atoms with Crippen LogP contribution in [0.3, 0.4) is 0 Å². The molecular formula is C42H47F2IN6O5. The predicted octanol–water partition coefficient (Wildman–Crippen LogP) is 9.75. The number of alkyl halides is 1. The summed E-state index contributed by atoms with van der Waals surface area (Å²) in [6.07, 6.45) is 8.82. The Hall–Kier alpha value is -5.64. The molecule has 14 heteroatoms. The summed E-state index contributed by atoms with van der Waals surface area (Å²) in [5.74, 6) is -2.52. The first-order chi connectivity index (χ1) is 26.3. The van der Waals surface area contributed by atoms with Gasteiger partial charge in [0.15, 0.2) is 5.78 Å². The van der Waals surface area contributed by atoms with Crippen molar-refractivity contribution in [2.75, 3.05) is 15.5 Å². The van der Waals surface area contributed by atoms with Crippen molar-refractivity contribution in [3.05, 3.63) is 123 Å². The van der Waals surface area contributed by atoms with Gasteiger partial charge in [0.1, 0.15) is 11.6 Å². The first-order valence-electron chi connectivity index (χ1n) is 17.6. The summed E-state index contributed by atoms with van der Waals surface area (Å²) < 4.78 is 35.1. The maximum atomic E-state index is 13.4. The van der Waals surface area contributed by atoms with E-state index < -0.39 is 17.6 Å². The van der Waals surface area contributed by atoms with E-state index in [0.717, 1.165) is 11.3 Å². The van der Waals surface area contributed by atoms with Gasteiger partial charge in [0.2, 0.25) is 0 Å². The average Bonchev–Trinajstić information content (AvgIpc) is 3.92. The molecule has 2 aliphatic rings. The minimum Gasteiger partial charge on any atom is -0.478 e. The standard InChI is InChI=1S/C17H15FN2O2.C16H13FN2O3.C7H12N2.CH3I.CH4/c1-8-15(19-9(2)16(8)10(3)21)7-13-12-6-11(18)4-5-14(12)20-17(13)22;1-7-13(18-8(2)14(7)16(21)22)6-11-10-5-9(17)3-4-12(10)19-15(11)20;1-7(2,3)9-5-4-8-6-9;1-2;/h4-7,19H,1-3H3,(H,20,22);3-6,18H,1-2H3,(H,19,20)(H,21,22);4-6H,1-3H3;1H3;1H4/b13-7-;11-6-;;;/i;;;1D;. The van der Waals surface area contributed by atoms with Crippen molar-refractivity contribution in [1.29, 1.82) is 0 Å². The first kappa shape index (κ1) is 43.1. The van der Waals surface area contributed by atoms with Gasteiger partial charge in [0, 0.05) is 70.1 Å². The minimum absolute atomic E-state index is 0. The molecule has 0 saturated heterocycles. The molecule has 3 aromatic heterocycles. The molecule has 0 unspecified atom stereocenters. The van der Waals surface area contributed by atoms with Crippen LogP contribution in [0.25, 0.3) is 23.3 Å². The monoisotopic (exact) mass is 881 g/mol. The van der Waals surface area contributed by atoms with Crippen LogP contribution in [0.5, 0.6) is 0 Å². The van der Waals surface area contributed by atoms with E-state index in [4.69, 9.17) is 1.37 Å². The van der Waals surface area contributed by atoms with E-state index in [1.54, 1.807) is 32.2 Å². The smallest absolute Gasteiger partial charge is 0.337 e. The summed E-state index contributed by atoms with van der Waals surface area (Å²) in [5.41, 5.74) is 7.60. The zero-order chi connectivity index (χ0) is 41.6. The fourth-order valence-corrected chi connectivity index (χ4v) is 6.24. The lowest BCUT2D eigenvalue weighted by Crippen LogP contribution is -2.19. The third-order valence-corrected chi connectivity index (χ3v) is 8.90. The number of aryl methyl sites for hydroxylation is 2. The molecule has 0 fully saturated rings. The van der Waals surface area contributed by atoms with Crippen LogP contribution in [0.4, 0.5) is 20.2 Å². The number of halogens is 3. The number of carbonyl (C=O) groups excluding carboxylic acids is 3. The van der Waals surface area contributed by atoms with Crippen LogP contribution in [0.2, 0.25) is 0 Å². The highest BCUT2D eigenvalue weighted by Crippen LogP contribution is 2.36. The molecule has 56 heavy (non-hydrogen) atoms. The number of carboxylic acids is 1. The predicted molar refractivity (Wildman–Crippen MR) is 227 cm³/mol. The maximum absolute atomic E-state index is 13.4. The van der Waals surface area contributed by atoms with Crippen LogP contribution in [0.15, 0.2) is 55.1 Å². The van der Waals surface area contributed by atoms with Gasteiger partial charge in [-0.3, -0.25) is 14.4 Å². The van der Waals surface area contributed by atoms with Crippen molar-refractivity contribution in [1.82, 2.24) is 19.5 Å². The molecule has 0 spiro atoms. The number of aromatic carboxylic acids is 1. The van der Waals surface area contributed by atoms with Crippen LogP contribution < -0.4 is 10.6 Å². The highest BCUT2D eigenvalue weighted by molar-refractivity contribution is 14.1. The zero-order valence-electron chi connectivity index (χ0n) is 32.7. The number of hydrogen-bond acceptors (Lipinski definition) is 5. The lowest BCUT2D eigenvalue weighted by molar-refractivity contribution is -0.111. The number of imidazole rings is 1. The van der Waals surface area contributed by atoms with Crippen LogP contribution >= 0.6 is 22.6 Å². The largest absolute Gasteiger partial charge is 0.478 e. The van der Waals surface area contributed by atoms with Gasteiger partial charge in [-0.05, 0) is 120 Å². The Kier molecular flexibility index (Phi) is 14.1. The second-order valence-electron chi connectivity index (χ2n) is 13.7. The molecule has 0 bridgehead atoms. The number of rotatable bonds is 4. The SMILES string of the molecule is C.CC(=O)c1c(C)[nH]c(/C=C2\C(=O)Nc3ccc(F)cc32)c1C.CC(C)(C)n1ccnc1.Cc1[nH]c(/C=C2\C(=O)Nc3ccc(F)cc32)c(C)c1C(=O)O.[2H]CI. The Morgan fingerprint density at radius 3 is 1.59 bits per heavy atom. The van der Waals surface area contributed by atoms with Crippen molar-refractivity contribution in [2.45, 2.75) is 68.4 Å². The molecule has 7 rings (SSSR count). The van der Waals surface area contributed by atoms with Crippen molar-refractivity contribution in [2.24, 2.45) is 0 Å². The molecule has 11 nitrogen and oxygen atoms in total. The van der Waals surface area contributed by atoms with Gasteiger partial charge in [-0.15, -0.1) is 0 Å². The molecule has 2 amide bonds. The Morgan fingerprint density at radius 1 is 0.839 bits per heavy atom. The molecule has 0 radical (unpaired) electrons. The van der Waals surface area contributed by atoms with E-state index >= 15 is 0 Å². The lowest BCUT2D eigenvalue weighted by Gasteiger charge is -2.19. The van der Waals surface area contributed by atoms with E-state index in [9.17, 15) is 33.1 Å². The number of nitrogens with one attached hydrogen (secondary N) is 4. The van der Waals surface area contributed by atoms with E-state index in [1.807, 2.05) is 49.0 Å². The van der Waals surface area contributed by atoms with E-state index in [-0.39, 0.29) is 36.1 Å². The number of nitrogens with zero attached hydrogens (tertiary/aromatic N) is 2. The summed E-state index contributed by atoms with van der Waals surface area (Å²) in [7, 11) is 0. The summed E-state index contributed by atoms with van der Waals surface area (Å²) in [6.45, 7) is 14.9. The number of aromatic amines is 2. The van der Waals surface area contributed by atoms with Crippen LogP contribution in [-0.4, -0.2) is 53.1 Å². The number of H-pyrrole nitrogens is 2. The number of fused-ring (bicyclic) bond motifs is 2. The van der Waals surface area contributed by atoms with Crippen LogP contribution in [-0.2, 0) is 15.1 Å². The van der Waals surface area contributed by atoms with Crippen molar-refractivity contribution in [3.8, 4) is 0 Å². The Labute approximate surface area is 340 Å². The summed E-state index contributed by atoms with van der Waals surface area (Å²) >= 11 is 1.96. The second kappa shape index (κ2) is 18.3. The van der Waals surface area contributed by atoms with Crippen LogP contribution in [0.1, 0.15) is 102 Å². The summed E-state index contributed by atoms with van der Waals surface area (Å²) in [5, 5.41) is 14.6. The van der Waals surface area contributed by atoms with E-state index in [0.29, 0.717) is 66.8 Å². The number of benzene rings is 2. The molecule has 5 heterocycles. The summed E-state index contributed by atoms with van der Waals surface area (Å²) in [6, 6.07) is 8.23. The van der Waals surface area contributed by atoms with Gasteiger partial charge in [-0.2, -0.15) is 0 Å². The van der Waals surface area contributed by atoms with Crippen LogP contribution in [0, 0.1) is 39.3 Å². The van der Waals surface area contributed by atoms with Gasteiger partial charge >= 0.3 is 5.97 Å². The van der Waals surface area contributed by atoms with Gasteiger partial charge < -0.3 is 30.3 Å². The zero-order valence-corrected chi connectivity index (χ0v) is 33.8. The van der Waals surface area contributed by atoms with Crippen molar-refractivity contribution in [3.63, 3.8) is 0 Å². The molecule has 2 aliphatic heterocycles. The fraction of sp³-hybridized carbons (Fsp3) is 0.262. The molecule has 2 aromatic carbocycles. The quantitative estimate of drug-likeness (QED) is 0.0523. The minimum atomic E-state index is -1.03. The highest BCUT2D eigenvalue weighted by Gasteiger charge is 2.27. The number of amides is 2. The van der Waals surface area contributed by atoms with Crippen molar-refractivity contribution >= 4 is 80.8 Å². The number of hydrogen-bond donors (Lipinski definition) is 5. The number of carbonyl (C=O) groups is 4. The van der Waals surface area contributed by atoms with Gasteiger partial charge in [0.05, 0.1) is 23.0 Å². The van der Waals surface area contributed by atoms with E-state index in [2.05, 4.69) is 50.9 Å². The van der Waals surface area contributed by atoms with E-state index in [1.165, 1.54) is 43.3 Å². The molecule has 5 N–H and O–H groups in total. The normalized spacial score (nSPS) is 14.1. The summed E-state index contributed by atoms with van der Waals surface area (Å²) in [4.78, 5) is 57.6. The Bertz CT molecular complexity index is 2230. The number of ketones is 1. The topological polar surface area (TPSA) is 162 Å².